The van der Waals surface area contributed by atoms with Crippen molar-refractivity contribution in [3.8, 4) is 0 Å². The molecule has 0 aliphatic heterocycles. The van der Waals surface area contributed by atoms with E-state index >= 15 is 0 Å². The highest BCUT2D eigenvalue weighted by molar-refractivity contribution is 6.50. The molecule has 0 aromatic carbocycles. The Morgan fingerprint density at radius 2 is 1.07 bits per heavy atom. The molecule has 0 aliphatic carbocycles. The predicted molar refractivity (Wildman–Crippen MR) is 76.5 cm³/mol. The maximum absolute atomic E-state index is 5.65. The molecular formula is C8H18Cl4Si2. The highest BCUT2D eigenvalue weighted by Crippen LogP contribution is 2.11. The van der Waals surface area contributed by atoms with Crippen LogP contribution in [0, 0.1) is 0 Å². The largest absolute Gasteiger partial charge is 0.106 e. The number of hydrogen-bond donors (Lipinski definition) is 0. The summed E-state index contributed by atoms with van der Waals surface area (Å²) in [6.07, 6.45) is 2.71. The molecule has 0 saturated heterocycles. The fourth-order valence-electron chi connectivity index (χ4n) is 1.30. The van der Waals surface area contributed by atoms with E-state index in [1.807, 2.05) is 0 Å². The average molecular weight is 312 g/mol. The molecule has 0 unspecified atom stereocenters. The Morgan fingerprint density at radius 1 is 0.714 bits per heavy atom. The van der Waals surface area contributed by atoms with Crippen LogP contribution in [0.4, 0.5) is 0 Å². The van der Waals surface area contributed by atoms with Gasteiger partial charge in [-0.25, -0.2) is 0 Å². The highest BCUT2D eigenvalue weighted by atomic mass is 35.5. The van der Waals surface area contributed by atoms with Crippen molar-refractivity contribution in [1.82, 2.24) is 0 Å². The minimum atomic E-state index is -0.121. The van der Waals surface area contributed by atoms with Crippen LogP contribution in [-0.2, 0) is 0 Å². The van der Waals surface area contributed by atoms with Crippen LogP contribution in [0.25, 0.3) is 0 Å². The lowest BCUT2D eigenvalue weighted by atomic mass is 10.4. The second kappa shape index (κ2) is 11.1. The molecule has 14 heavy (non-hydrogen) atoms. The lowest BCUT2D eigenvalue weighted by Crippen LogP contribution is -1.98. The maximum atomic E-state index is 5.65. The zero-order valence-corrected chi connectivity index (χ0v) is 14.2. The molecule has 86 valence electrons. The van der Waals surface area contributed by atoms with Crippen LogP contribution in [0.1, 0.15) is 12.8 Å². The van der Waals surface area contributed by atoms with E-state index in [0.717, 1.165) is 12.1 Å². The zero-order valence-electron chi connectivity index (χ0n) is 8.32. The van der Waals surface area contributed by atoms with Gasteiger partial charge < -0.3 is 0 Å². The van der Waals surface area contributed by atoms with Crippen LogP contribution in [0.2, 0.25) is 24.2 Å². The molecule has 0 saturated carbocycles. The summed E-state index contributed by atoms with van der Waals surface area (Å²) in [5.41, 5.74) is 0. The summed E-state index contributed by atoms with van der Waals surface area (Å²) in [5, 5.41) is 0. The Kier molecular flexibility index (Phi) is 12.4. The zero-order chi connectivity index (χ0) is 10.8. The van der Waals surface area contributed by atoms with Crippen LogP contribution >= 0.6 is 46.4 Å². The van der Waals surface area contributed by atoms with Gasteiger partial charge in [-0.15, -0.1) is 46.4 Å². The van der Waals surface area contributed by atoms with E-state index in [9.17, 15) is 0 Å². The van der Waals surface area contributed by atoms with E-state index in [1.165, 1.54) is 24.9 Å². The molecule has 0 bridgehead atoms. The lowest BCUT2D eigenvalue weighted by molar-refractivity contribution is 0.869. The van der Waals surface area contributed by atoms with Gasteiger partial charge in [0.2, 0.25) is 0 Å². The highest BCUT2D eigenvalue weighted by Gasteiger charge is 2.00. The Morgan fingerprint density at radius 3 is 1.36 bits per heavy atom. The van der Waals surface area contributed by atoms with Gasteiger partial charge in [0, 0.05) is 19.0 Å². The Labute approximate surface area is 112 Å². The van der Waals surface area contributed by atoms with E-state index in [-0.39, 0.29) is 28.7 Å². The molecule has 0 aromatic rings. The molecule has 0 heterocycles. The number of alkyl halides is 4. The van der Waals surface area contributed by atoms with Crippen molar-refractivity contribution < 1.29 is 0 Å². The summed E-state index contributed by atoms with van der Waals surface area (Å²) in [6.45, 7) is 0. The molecular weight excluding hydrogens is 294 g/mol. The first kappa shape index (κ1) is 15.6. The first-order valence-electron chi connectivity index (χ1n) is 5.19. The number of hydrogen-bond acceptors (Lipinski definition) is 0. The molecule has 0 N–H and O–H groups in total. The Balaban J connectivity index is 2.92. The molecule has 0 atom stereocenters. The predicted octanol–water partition coefficient (Wildman–Crippen LogP) is 3.38. The quantitative estimate of drug-likeness (QED) is 0.348. The van der Waals surface area contributed by atoms with Crippen molar-refractivity contribution in [2.45, 2.75) is 46.7 Å². The van der Waals surface area contributed by atoms with Crippen molar-refractivity contribution in [1.29, 1.82) is 0 Å². The van der Waals surface area contributed by atoms with E-state index in [4.69, 9.17) is 46.4 Å². The van der Waals surface area contributed by atoms with Crippen molar-refractivity contribution in [2.24, 2.45) is 0 Å². The van der Waals surface area contributed by atoms with Crippen LogP contribution in [0.15, 0.2) is 0 Å². The second-order valence-electron chi connectivity index (χ2n) is 3.48. The maximum Gasteiger partial charge on any atom is 0.105 e. The van der Waals surface area contributed by atoms with Crippen molar-refractivity contribution in [3.63, 3.8) is 0 Å². The second-order valence-corrected chi connectivity index (χ2v) is 10.0. The molecule has 6 heteroatoms. The monoisotopic (exact) mass is 310 g/mol. The van der Waals surface area contributed by atoms with Crippen LogP contribution < -0.4 is 0 Å². The Hall–Kier alpha value is 1.59. The average Bonchev–Trinajstić information content (AvgIpc) is 2.08. The van der Waals surface area contributed by atoms with Gasteiger partial charge in [-0.1, -0.05) is 24.9 Å². The molecule has 0 spiro atoms. The van der Waals surface area contributed by atoms with Gasteiger partial charge >= 0.3 is 0 Å². The van der Waals surface area contributed by atoms with E-state index in [1.54, 1.807) is 0 Å². The molecule has 0 aliphatic rings. The summed E-state index contributed by atoms with van der Waals surface area (Å²) >= 11 is 22.6. The van der Waals surface area contributed by atoms with Gasteiger partial charge in [0.15, 0.2) is 0 Å². The SMILES string of the molecule is ClC(Cl)C[SiH2]CCCC[SiH2]CC(Cl)Cl. The van der Waals surface area contributed by atoms with Gasteiger partial charge in [0.05, 0.1) is 0 Å². The molecule has 0 nitrogen and oxygen atoms in total. The molecule has 0 fully saturated rings. The van der Waals surface area contributed by atoms with E-state index in [2.05, 4.69) is 0 Å². The van der Waals surface area contributed by atoms with Crippen molar-refractivity contribution in [3.05, 3.63) is 0 Å². The van der Waals surface area contributed by atoms with Crippen LogP contribution in [0.5, 0.6) is 0 Å². The number of rotatable bonds is 9. The number of halogens is 4. The smallest absolute Gasteiger partial charge is 0.105 e. The minimum Gasteiger partial charge on any atom is -0.106 e. The summed E-state index contributed by atoms with van der Waals surface area (Å²) in [5.74, 6) is 0. The molecule has 0 radical (unpaired) electrons. The Bertz CT molecular complexity index is 108. The first-order chi connectivity index (χ1) is 6.63. The molecule has 0 aromatic heterocycles. The summed E-state index contributed by atoms with van der Waals surface area (Å²) in [6, 6.07) is 4.89. The topological polar surface area (TPSA) is 0 Å². The van der Waals surface area contributed by atoms with Crippen molar-refractivity contribution >= 4 is 65.4 Å². The third kappa shape index (κ3) is 13.6. The summed E-state index contributed by atoms with van der Waals surface area (Å²) < 4.78 is 0. The van der Waals surface area contributed by atoms with Gasteiger partial charge in [-0.05, 0) is 12.1 Å². The van der Waals surface area contributed by atoms with E-state index in [0.29, 0.717) is 0 Å². The van der Waals surface area contributed by atoms with Crippen molar-refractivity contribution in [2.75, 3.05) is 0 Å². The summed E-state index contributed by atoms with van der Waals surface area (Å²) in [7, 11) is 0.0267. The first-order valence-corrected chi connectivity index (χ1v) is 10.9. The standard InChI is InChI=1S/C8H18Cl4Si2/c9-7(10)5-13-3-1-2-4-14-6-8(11)12/h7-8H,1-6,13-14H2. The summed E-state index contributed by atoms with van der Waals surface area (Å²) in [4.78, 5) is -0.242. The van der Waals surface area contributed by atoms with E-state index < -0.39 is 0 Å². The van der Waals surface area contributed by atoms with Crippen LogP contribution in [0.3, 0.4) is 0 Å². The fourth-order valence-corrected chi connectivity index (χ4v) is 5.76. The lowest BCUT2D eigenvalue weighted by Gasteiger charge is -2.02. The van der Waals surface area contributed by atoms with Gasteiger partial charge in [0.25, 0.3) is 0 Å². The molecule has 0 amide bonds. The van der Waals surface area contributed by atoms with Gasteiger partial charge in [-0.2, -0.15) is 0 Å². The van der Waals surface area contributed by atoms with Gasteiger partial charge in [0.1, 0.15) is 9.67 Å². The minimum absolute atomic E-state index is 0.0133. The van der Waals surface area contributed by atoms with Gasteiger partial charge in [-0.3, -0.25) is 0 Å². The van der Waals surface area contributed by atoms with Crippen LogP contribution in [-0.4, -0.2) is 28.7 Å². The third-order valence-corrected chi connectivity index (χ3v) is 8.40. The molecule has 0 rings (SSSR count). The normalized spacial score (nSPS) is 13.3. The fraction of sp³-hybridized carbons (Fsp3) is 1.00. The third-order valence-electron chi connectivity index (χ3n) is 2.09. The number of unbranched alkanes of at least 4 members (excludes halogenated alkanes) is 1.